The molecular weight excluding hydrogens is 498 g/mol. The number of hydrazone groups is 1. The molecule has 0 spiro atoms. The first-order valence-corrected chi connectivity index (χ1v) is 12.3. The zero-order chi connectivity index (χ0) is 25.5. The van der Waals surface area contributed by atoms with Crippen LogP contribution in [-0.2, 0) is 9.47 Å². The van der Waals surface area contributed by atoms with Crippen molar-refractivity contribution in [2.24, 2.45) is 5.10 Å². The van der Waals surface area contributed by atoms with E-state index in [1.165, 1.54) is 0 Å². The van der Waals surface area contributed by atoms with Crippen molar-refractivity contribution in [3.05, 3.63) is 64.7 Å². The van der Waals surface area contributed by atoms with Gasteiger partial charge in [0, 0.05) is 26.2 Å². The minimum absolute atomic E-state index is 0.309. The number of morpholine rings is 2. The van der Waals surface area contributed by atoms with Crippen LogP contribution in [0.15, 0.2) is 53.6 Å². The molecule has 0 amide bonds. The summed E-state index contributed by atoms with van der Waals surface area (Å²) in [5, 5.41) is 4.64. The zero-order valence-corrected chi connectivity index (χ0v) is 20.8. The van der Waals surface area contributed by atoms with Crippen LogP contribution >= 0.6 is 11.6 Å². The van der Waals surface area contributed by atoms with Crippen molar-refractivity contribution >= 4 is 41.6 Å². The van der Waals surface area contributed by atoms with E-state index in [-0.39, 0.29) is 0 Å². The predicted molar refractivity (Wildman–Crippen MR) is 140 cm³/mol. The SMILES string of the molecule is O=C(Oc1ccc(C=NNc2nc(N3CCOCC3)nc(N3CCOCC3)n2)cc1)c1ccccc1Cl. The van der Waals surface area contributed by atoms with E-state index in [1.807, 2.05) is 0 Å². The molecule has 192 valence electrons. The summed E-state index contributed by atoms with van der Waals surface area (Å²) in [7, 11) is 0. The molecule has 0 aliphatic carbocycles. The highest BCUT2D eigenvalue weighted by Gasteiger charge is 2.20. The van der Waals surface area contributed by atoms with E-state index in [2.05, 4.69) is 35.3 Å². The third-order valence-corrected chi connectivity index (χ3v) is 6.09. The fourth-order valence-electron chi connectivity index (χ4n) is 3.79. The van der Waals surface area contributed by atoms with Gasteiger partial charge in [-0.1, -0.05) is 23.7 Å². The molecule has 0 unspecified atom stereocenters. The normalized spacial score (nSPS) is 16.1. The maximum absolute atomic E-state index is 12.3. The van der Waals surface area contributed by atoms with E-state index in [0.717, 1.165) is 5.56 Å². The van der Waals surface area contributed by atoms with Gasteiger partial charge in [-0.25, -0.2) is 10.2 Å². The summed E-state index contributed by atoms with van der Waals surface area (Å²) in [6.07, 6.45) is 1.63. The molecule has 5 rings (SSSR count). The number of nitrogens with zero attached hydrogens (tertiary/aromatic N) is 6. The van der Waals surface area contributed by atoms with Crippen molar-refractivity contribution in [3.63, 3.8) is 0 Å². The molecule has 2 aromatic carbocycles. The summed E-state index contributed by atoms with van der Waals surface area (Å²) in [5.74, 6) is 1.40. The molecule has 2 aliphatic heterocycles. The first kappa shape index (κ1) is 24.9. The first-order chi connectivity index (χ1) is 18.2. The van der Waals surface area contributed by atoms with Gasteiger partial charge in [-0.15, -0.1) is 0 Å². The van der Waals surface area contributed by atoms with Crippen LogP contribution in [0, 0.1) is 0 Å². The standard InChI is InChI=1S/C25H26ClN7O4/c26-21-4-2-1-3-20(21)22(34)37-19-7-5-18(6-8-19)17-27-31-23-28-24(32-9-13-35-14-10-32)30-25(29-23)33-11-15-36-16-12-33/h1-8,17H,9-16H2,(H,28,29,30,31). The molecule has 37 heavy (non-hydrogen) atoms. The number of esters is 1. The van der Waals surface area contributed by atoms with Gasteiger partial charge in [-0.3, -0.25) is 0 Å². The molecule has 3 heterocycles. The van der Waals surface area contributed by atoms with Gasteiger partial charge in [0.05, 0.1) is 43.2 Å². The number of aromatic nitrogens is 3. The van der Waals surface area contributed by atoms with Crippen LogP contribution < -0.4 is 20.0 Å². The van der Waals surface area contributed by atoms with Gasteiger partial charge < -0.3 is 24.0 Å². The van der Waals surface area contributed by atoms with E-state index < -0.39 is 5.97 Å². The highest BCUT2D eigenvalue weighted by Crippen LogP contribution is 2.20. The first-order valence-electron chi connectivity index (χ1n) is 11.9. The fourth-order valence-corrected chi connectivity index (χ4v) is 4.00. The van der Waals surface area contributed by atoms with Crippen molar-refractivity contribution in [2.75, 3.05) is 67.8 Å². The third kappa shape index (κ3) is 6.50. The molecule has 11 nitrogen and oxygen atoms in total. The van der Waals surface area contributed by atoms with Gasteiger partial charge in [0.1, 0.15) is 5.75 Å². The topological polar surface area (TPSA) is 114 Å². The monoisotopic (exact) mass is 523 g/mol. The molecule has 0 bridgehead atoms. The fraction of sp³-hybridized carbons (Fsp3) is 0.320. The van der Waals surface area contributed by atoms with Crippen molar-refractivity contribution in [1.29, 1.82) is 0 Å². The van der Waals surface area contributed by atoms with Gasteiger partial charge in [-0.05, 0) is 42.0 Å². The number of carbonyl (C=O) groups is 1. The highest BCUT2D eigenvalue weighted by atomic mass is 35.5. The summed E-state index contributed by atoms with van der Waals surface area (Å²) in [5.41, 5.74) is 4.02. The molecule has 3 aromatic rings. The lowest BCUT2D eigenvalue weighted by molar-refractivity contribution is 0.0735. The Morgan fingerprint density at radius 3 is 2.08 bits per heavy atom. The Morgan fingerprint density at radius 1 is 0.892 bits per heavy atom. The zero-order valence-electron chi connectivity index (χ0n) is 20.0. The van der Waals surface area contributed by atoms with Crippen molar-refractivity contribution in [1.82, 2.24) is 15.0 Å². The second-order valence-corrected chi connectivity index (χ2v) is 8.67. The number of halogens is 1. The lowest BCUT2D eigenvalue weighted by Gasteiger charge is -2.30. The summed E-state index contributed by atoms with van der Waals surface area (Å²) in [6.45, 7) is 5.36. The van der Waals surface area contributed by atoms with Gasteiger partial charge in [0.2, 0.25) is 17.8 Å². The Hall–Kier alpha value is -3.80. The summed E-state index contributed by atoms with van der Waals surface area (Å²) in [6, 6.07) is 13.7. The van der Waals surface area contributed by atoms with Crippen LogP contribution in [0.5, 0.6) is 5.75 Å². The summed E-state index contributed by atoms with van der Waals surface area (Å²) in [4.78, 5) is 30.3. The molecule has 12 heteroatoms. The molecule has 2 aliphatic rings. The Kier molecular flexibility index (Phi) is 8.04. The number of hydrogen-bond acceptors (Lipinski definition) is 11. The van der Waals surface area contributed by atoms with Gasteiger partial charge >= 0.3 is 5.97 Å². The van der Waals surface area contributed by atoms with Crippen LogP contribution in [0.2, 0.25) is 5.02 Å². The Labute approximate surface area is 219 Å². The third-order valence-electron chi connectivity index (χ3n) is 5.76. The maximum atomic E-state index is 12.3. The molecule has 1 aromatic heterocycles. The van der Waals surface area contributed by atoms with Crippen LogP contribution in [0.25, 0.3) is 0 Å². The van der Waals surface area contributed by atoms with Crippen LogP contribution in [0.1, 0.15) is 15.9 Å². The number of hydrogen-bond donors (Lipinski definition) is 1. The van der Waals surface area contributed by atoms with Gasteiger partial charge in [0.15, 0.2) is 0 Å². The number of rotatable bonds is 7. The number of carbonyl (C=O) groups excluding carboxylic acids is 1. The second-order valence-electron chi connectivity index (χ2n) is 8.27. The number of nitrogens with one attached hydrogen (secondary N) is 1. The van der Waals surface area contributed by atoms with E-state index >= 15 is 0 Å². The van der Waals surface area contributed by atoms with Gasteiger partial charge in [0.25, 0.3) is 0 Å². The average Bonchev–Trinajstić information content (AvgIpc) is 2.95. The van der Waals surface area contributed by atoms with Crippen molar-refractivity contribution in [2.45, 2.75) is 0 Å². The van der Waals surface area contributed by atoms with Crippen molar-refractivity contribution in [3.8, 4) is 5.75 Å². The van der Waals surface area contributed by atoms with Crippen LogP contribution in [0.4, 0.5) is 17.8 Å². The molecule has 2 fully saturated rings. The molecule has 0 atom stereocenters. The van der Waals surface area contributed by atoms with Crippen LogP contribution in [-0.4, -0.2) is 79.7 Å². The van der Waals surface area contributed by atoms with E-state index in [0.29, 0.717) is 86.8 Å². The Bertz CT molecular complexity index is 1210. The molecule has 1 N–H and O–H groups in total. The minimum Gasteiger partial charge on any atom is -0.423 e. The highest BCUT2D eigenvalue weighted by molar-refractivity contribution is 6.33. The molecule has 0 radical (unpaired) electrons. The summed E-state index contributed by atoms with van der Waals surface area (Å²) >= 11 is 6.07. The Morgan fingerprint density at radius 2 is 1.49 bits per heavy atom. The molecule has 2 saturated heterocycles. The minimum atomic E-state index is -0.518. The van der Waals surface area contributed by atoms with E-state index in [4.69, 9.17) is 25.8 Å². The van der Waals surface area contributed by atoms with E-state index in [9.17, 15) is 4.79 Å². The quantitative estimate of drug-likeness (QED) is 0.214. The van der Waals surface area contributed by atoms with Crippen LogP contribution in [0.3, 0.4) is 0 Å². The number of anilines is 3. The van der Waals surface area contributed by atoms with E-state index in [1.54, 1.807) is 54.7 Å². The predicted octanol–water partition coefficient (Wildman–Crippen LogP) is 2.86. The molecule has 0 saturated carbocycles. The van der Waals surface area contributed by atoms with Gasteiger partial charge in [-0.2, -0.15) is 20.1 Å². The largest absolute Gasteiger partial charge is 0.423 e. The Balaban J connectivity index is 1.25. The number of ether oxygens (including phenoxy) is 3. The van der Waals surface area contributed by atoms with Crippen molar-refractivity contribution < 1.29 is 19.0 Å². The smallest absolute Gasteiger partial charge is 0.345 e. The maximum Gasteiger partial charge on any atom is 0.345 e. The number of benzene rings is 2. The lowest BCUT2D eigenvalue weighted by Crippen LogP contribution is -2.40. The molecular formula is C25H26ClN7O4. The second kappa shape index (κ2) is 12.0. The summed E-state index contributed by atoms with van der Waals surface area (Å²) < 4.78 is 16.3. The average molecular weight is 524 g/mol. The lowest BCUT2D eigenvalue weighted by atomic mass is 10.2.